The molecular formula is C7H8ClF2IN2. The average molecular weight is 321 g/mol. The molecule has 1 aromatic carbocycles. The van der Waals surface area contributed by atoms with Crippen molar-refractivity contribution in [1.82, 2.24) is 0 Å². The maximum atomic E-state index is 12.3. The fourth-order valence-corrected chi connectivity index (χ4v) is 1.36. The Morgan fingerprint density at radius 3 is 2.46 bits per heavy atom. The fourth-order valence-electron chi connectivity index (χ4n) is 0.846. The molecule has 3 N–H and O–H groups in total. The van der Waals surface area contributed by atoms with Crippen LogP contribution in [0.4, 0.5) is 14.5 Å². The molecule has 0 aliphatic carbocycles. The Balaban J connectivity index is 0.00000144. The van der Waals surface area contributed by atoms with E-state index in [1.807, 2.05) is 22.6 Å². The lowest BCUT2D eigenvalue weighted by atomic mass is 10.2. The normalized spacial score (nSPS) is 9.62. The summed E-state index contributed by atoms with van der Waals surface area (Å²) in [4.78, 5) is 0. The monoisotopic (exact) mass is 320 g/mol. The number of hydrogen-bond donors (Lipinski definition) is 2. The summed E-state index contributed by atoms with van der Waals surface area (Å²) in [6.45, 7) is 0. The summed E-state index contributed by atoms with van der Waals surface area (Å²) in [5.41, 5.74) is 2.42. The topological polar surface area (TPSA) is 38.0 Å². The molecule has 0 aliphatic heterocycles. The van der Waals surface area contributed by atoms with Crippen LogP contribution in [0.1, 0.15) is 12.0 Å². The van der Waals surface area contributed by atoms with Crippen LogP contribution in [0.5, 0.6) is 0 Å². The number of benzene rings is 1. The second-order valence-corrected chi connectivity index (χ2v) is 3.42. The first-order valence-corrected chi connectivity index (χ1v) is 4.27. The number of hydrazine groups is 1. The third kappa shape index (κ3) is 3.24. The number of anilines is 1. The molecule has 0 aromatic heterocycles. The van der Waals surface area contributed by atoms with Crippen molar-refractivity contribution in [1.29, 1.82) is 0 Å². The van der Waals surface area contributed by atoms with E-state index >= 15 is 0 Å². The van der Waals surface area contributed by atoms with E-state index in [0.29, 0.717) is 0 Å². The Labute approximate surface area is 94.4 Å². The minimum Gasteiger partial charge on any atom is -0.324 e. The van der Waals surface area contributed by atoms with E-state index in [1.165, 1.54) is 12.1 Å². The van der Waals surface area contributed by atoms with Crippen LogP contribution in [0.3, 0.4) is 0 Å². The van der Waals surface area contributed by atoms with Crippen LogP contribution >= 0.6 is 35.0 Å². The van der Waals surface area contributed by atoms with Gasteiger partial charge in [0.05, 0.1) is 5.69 Å². The van der Waals surface area contributed by atoms with Crippen molar-refractivity contribution >= 4 is 40.7 Å². The molecule has 0 aliphatic rings. The second kappa shape index (κ2) is 5.56. The number of nitrogens with one attached hydrogen (secondary N) is 1. The molecule has 13 heavy (non-hydrogen) atoms. The lowest BCUT2D eigenvalue weighted by Gasteiger charge is -2.07. The highest BCUT2D eigenvalue weighted by Gasteiger charge is 2.12. The van der Waals surface area contributed by atoms with E-state index < -0.39 is 6.43 Å². The van der Waals surface area contributed by atoms with Crippen molar-refractivity contribution in [3.05, 3.63) is 27.3 Å². The molecule has 0 spiro atoms. The number of rotatable bonds is 2. The van der Waals surface area contributed by atoms with Crippen LogP contribution < -0.4 is 11.3 Å². The highest BCUT2D eigenvalue weighted by Crippen LogP contribution is 2.27. The van der Waals surface area contributed by atoms with Crippen molar-refractivity contribution in [2.24, 2.45) is 5.84 Å². The number of halogens is 4. The van der Waals surface area contributed by atoms with Crippen LogP contribution in [0.2, 0.25) is 0 Å². The number of alkyl halides is 2. The summed E-state index contributed by atoms with van der Waals surface area (Å²) in [6.07, 6.45) is -2.49. The van der Waals surface area contributed by atoms with Gasteiger partial charge in [0.15, 0.2) is 0 Å². The maximum absolute atomic E-state index is 12.3. The summed E-state index contributed by atoms with van der Waals surface area (Å²) < 4.78 is 25.4. The smallest absolute Gasteiger partial charge is 0.265 e. The largest absolute Gasteiger partial charge is 0.324 e. The van der Waals surface area contributed by atoms with Gasteiger partial charge in [-0.05, 0) is 40.8 Å². The van der Waals surface area contributed by atoms with Crippen LogP contribution in [-0.2, 0) is 0 Å². The Kier molecular flexibility index (Phi) is 5.50. The molecule has 0 heterocycles. The number of nitrogen functional groups attached to an aromatic ring is 1. The van der Waals surface area contributed by atoms with Gasteiger partial charge in [0, 0.05) is 9.13 Å². The minimum absolute atomic E-state index is 0. The quantitative estimate of drug-likeness (QED) is 0.499. The van der Waals surface area contributed by atoms with Gasteiger partial charge < -0.3 is 5.43 Å². The summed E-state index contributed by atoms with van der Waals surface area (Å²) >= 11 is 1.97. The highest BCUT2D eigenvalue weighted by atomic mass is 127. The molecule has 2 nitrogen and oxygen atoms in total. The summed E-state index contributed by atoms with van der Waals surface area (Å²) in [7, 11) is 0. The van der Waals surface area contributed by atoms with Crippen molar-refractivity contribution in [3.63, 3.8) is 0 Å². The average Bonchev–Trinajstić information content (AvgIpc) is 2.04. The molecule has 0 fully saturated rings. The molecule has 0 saturated heterocycles. The van der Waals surface area contributed by atoms with Gasteiger partial charge in [0.1, 0.15) is 0 Å². The zero-order valence-corrected chi connectivity index (χ0v) is 9.40. The summed E-state index contributed by atoms with van der Waals surface area (Å²) in [5.74, 6) is 5.05. The zero-order valence-electron chi connectivity index (χ0n) is 6.43. The van der Waals surface area contributed by atoms with Crippen molar-refractivity contribution < 1.29 is 8.78 Å². The van der Waals surface area contributed by atoms with E-state index in [0.717, 1.165) is 3.57 Å². The lowest BCUT2D eigenvalue weighted by Crippen LogP contribution is -2.09. The molecule has 1 aromatic rings. The van der Waals surface area contributed by atoms with Gasteiger partial charge in [0.25, 0.3) is 6.43 Å². The standard InChI is InChI=1S/C7H7F2IN2.ClH/c8-7(9)5-3-4(10)1-2-6(5)12-11;/h1-3,7,12H,11H2;1H. The van der Waals surface area contributed by atoms with Crippen molar-refractivity contribution in [3.8, 4) is 0 Å². The van der Waals surface area contributed by atoms with Gasteiger partial charge in [0.2, 0.25) is 0 Å². The van der Waals surface area contributed by atoms with Gasteiger partial charge in [-0.1, -0.05) is 0 Å². The Hall–Kier alpha value is -0.140. The predicted molar refractivity (Wildman–Crippen MR) is 59.2 cm³/mol. The Morgan fingerprint density at radius 1 is 1.38 bits per heavy atom. The van der Waals surface area contributed by atoms with E-state index in [-0.39, 0.29) is 23.7 Å². The van der Waals surface area contributed by atoms with E-state index in [2.05, 4.69) is 5.43 Å². The Bertz CT molecular complexity index is 283. The molecule has 0 bridgehead atoms. The predicted octanol–water partition coefficient (Wildman–Crippen LogP) is 2.94. The van der Waals surface area contributed by atoms with Gasteiger partial charge in [-0.3, -0.25) is 5.84 Å². The zero-order chi connectivity index (χ0) is 9.14. The Morgan fingerprint density at radius 2 is 2.00 bits per heavy atom. The SMILES string of the molecule is Cl.NNc1ccc(I)cc1C(F)F. The van der Waals surface area contributed by atoms with Crippen molar-refractivity contribution in [2.75, 3.05) is 5.43 Å². The molecule has 74 valence electrons. The maximum Gasteiger partial charge on any atom is 0.265 e. The molecule has 0 amide bonds. The lowest BCUT2D eigenvalue weighted by molar-refractivity contribution is 0.152. The molecular weight excluding hydrogens is 312 g/mol. The van der Waals surface area contributed by atoms with E-state index in [4.69, 9.17) is 5.84 Å². The first kappa shape index (κ1) is 12.9. The molecule has 0 saturated carbocycles. The highest BCUT2D eigenvalue weighted by molar-refractivity contribution is 14.1. The number of hydrogen-bond acceptors (Lipinski definition) is 2. The molecule has 0 radical (unpaired) electrons. The van der Waals surface area contributed by atoms with Gasteiger partial charge >= 0.3 is 0 Å². The molecule has 1 rings (SSSR count). The molecule has 0 atom stereocenters. The van der Waals surface area contributed by atoms with Crippen molar-refractivity contribution in [2.45, 2.75) is 6.43 Å². The minimum atomic E-state index is -2.49. The fraction of sp³-hybridized carbons (Fsp3) is 0.143. The first-order chi connectivity index (χ1) is 5.65. The van der Waals surface area contributed by atoms with Gasteiger partial charge in [-0.15, -0.1) is 12.4 Å². The van der Waals surface area contributed by atoms with Crippen LogP contribution in [-0.4, -0.2) is 0 Å². The third-order valence-corrected chi connectivity index (χ3v) is 2.08. The van der Waals surface area contributed by atoms with Crippen LogP contribution in [0.25, 0.3) is 0 Å². The molecule has 0 unspecified atom stereocenters. The van der Waals surface area contributed by atoms with Crippen LogP contribution in [0.15, 0.2) is 18.2 Å². The summed E-state index contributed by atoms with van der Waals surface area (Å²) in [6, 6.07) is 4.64. The van der Waals surface area contributed by atoms with Gasteiger partial charge in [-0.2, -0.15) is 0 Å². The third-order valence-electron chi connectivity index (χ3n) is 1.40. The van der Waals surface area contributed by atoms with E-state index in [9.17, 15) is 8.78 Å². The number of nitrogens with two attached hydrogens (primary N) is 1. The van der Waals surface area contributed by atoms with E-state index in [1.54, 1.807) is 6.07 Å². The van der Waals surface area contributed by atoms with Gasteiger partial charge in [-0.25, -0.2) is 8.78 Å². The van der Waals surface area contributed by atoms with Crippen LogP contribution in [0, 0.1) is 3.57 Å². The second-order valence-electron chi connectivity index (χ2n) is 2.18. The summed E-state index contributed by atoms with van der Waals surface area (Å²) in [5, 5.41) is 0. The first-order valence-electron chi connectivity index (χ1n) is 3.19. The molecule has 6 heteroatoms.